The van der Waals surface area contributed by atoms with Gasteiger partial charge in [0, 0.05) is 69.5 Å². The van der Waals surface area contributed by atoms with E-state index in [1.807, 2.05) is 0 Å². The minimum atomic E-state index is -5.20. The minimum Gasteiger partial charge on any atom is -0.347 e. The van der Waals surface area contributed by atoms with Gasteiger partial charge in [-0.05, 0) is 139 Å². The second-order valence-corrected chi connectivity index (χ2v) is 30.0. The number of fused-ring (bicyclic) bond motifs is 3. The van der Waals surface area contributed by atoms with E-state index in [1.165, 1.54) is 71.1 Å². The van der Waals surface area contributed by atoms with Crippen molar-refractivity contribution in [2.75, 3.05) is 82.6 Å². The molecule has 0 aromatic heterocycles. The molecule has 0 radical (unpaired) electrons. The number of carbonyl (C=O) groups excluding carboxylic acids is 12. The van der Waals surface area contributed by atoms with Gasteiger partial charge in [0.2, 0.25) is 70.9 Å². The Kier molecular flexibility index (Phi) is 27.9. The van der Waals surface area contributed by atoms with Crippen LogP contribution >= 0.6 is 0 Å². The van der Waals surface area contributed by atoms with Gasteiger partial charge >= 0.3 is 12.4 Å². The maximum atomic E-state index is 15.3. The van der Waals surface area contributed by atoms with Crippen molar-refractivity contribution >= 4 is 70.9 Å². The molecule has 2 saturated heterocycles. The molecule has 2 unspecified atom stereocenters. The minimum absolute atomic E-state index is 0.00421. The highest BCUT2D eigenvalue weighted by Crippen LogP contribution is 2.46. The van der Waals surface area contributed by atoms with Crippen molar-refractivity contribution in [3.63, 3.8) is 0 Å². The van der Waals surface area contributed by atoms with Crippen molar-refractivity contribution in [2.45, 2.75) is 241 Å². The van der Waals surface area contributed by atoms with Crippen LogP contribution in [-0.4, -0.2) is 276 Å². The smallest absolute Gasteiger partial charge is 0.347 e. The number of amides is 12. The molecule has 7 rings (SSSR count). The molecule has 6 fully saturated rings. The van der Waals surface area contributed by atoms with Gasteiger partial charge in [-0.25, -0.2) is 8.78 Å². The Hall–Kier alpha value is -7.18. The zero-order valence-corrected chi connectivity index (χ0v) is 60.7. The molecule has 3 N–H and O–H groups in total. The topological polar surface area (TPSA) is 270 Å². The summed E-state index contributed by atoms with van der Waals surface area (Å²) in [6.07, 6.45) is -11.8. The Bertz CT molecular complexity index is 3080. The Morgan fingerprint density at radius 3 is 1.77 bits per heavy atom. The third-order valence-corrected chi connectivity index (χ3v) is 23.0. The molecule has 32 heteroatoms. The normalized spacial score (nSPS) is 32.2. The molecule has 3 heterocycles. The van der Waals surface area contributed by atoms with Gasteiger partial charge in [-0.3, -0.25) is 57.5 Å². The van der Waals surface area contributed by atoms with Crippen molar-refractivity contribution < 1.29 is 92.7 Å². The molecule has 24 nitrogen and oxygen atoms in total. The molecule has 4 saturated carbocycles. The molecular formula is C70H106F8N12O12. The highest BCUT2D eigenvalue weighted by atomic mass is 19.4. The Labute approximate surface area is 592 Å². The van der Waals surface area contributed by atoms with E-state index in [1.54, 1.807) is 32.9 Å². The van der Waals surface area contributed by atoms with Crippen molar-refractivity contribution in [3.8, 4) is 0 Å². The summed E-state index contributed by atoms with van der Waals surface area (Å²) in [5.41, 5.74) is -1.63. The van der Waals surface area contributed by atoms with Crippen LogP contribution in [0.25, 0.3) is 0 Å². The van der Waals surface area contributed by atoms with Crippen molar-refractivity contribution in [1.29, 1.82) is 0 Å². The fourth-order valence-corrected chi connectivity index (χ4v) is 16.0. The highest BCUT2D eigenvalue weighted by Gasteiger charge is 2.56. The number of likely N-dealkylation sites (N-methyl/N-ethyl adjacent to an activating group) is 7. The van der Waals surface area contributed by atoms with E-state index in [2.05, 4.69) is 16.0 Å². The summed E-state index contributed by atoms with van der Waals surface area (Å²) in [6, 6.07) is -11.0. The summed E-state index contributed by atoms with van der Waals surface area (Å²) in [6.45, 7) is 3.35. The number of rotatable bonds is 10. The fraction of sp³-hybridized carbons (Fsp3) is 0.800. The third kappa shape index (κ3) is 19.0. The van der Waals surface area contributed by atoms with Gasteiger partial charge in [-0.2, -0.15) is 26.3 Å². The highest BCUT2D eigenvalue weighted by molar-refractivity contribution is 6.01. The molecular weight excluding hydrogens is 1350 g/mol. The summed E-state index contributed by atoms with van der Waals surface area (Å²) in [5.74, 6) is -16.5. The van der Waals surface area contributed by atoms with Gasteiger partial charge in [0.15, 0.2) is 0 Å². The largest absolute Gasteiger partial charge is 0.397 e. The first-order valence-electron chi connectivity index (χ1n) is 36.1. The lowest BCUT2D eigenvalue weighted by Gasteiger charge is -2.48. The summed E-state index contributed by atoms with van der Waals surface area (Å²) in [5, 5.41) is 8.25. The number of alkyl halides is 8. The van der Waals surface area contributed by atoms with Crippen LogP contribution in [0.1, 0.15) is 162 Å². The van der Waals surface area contributed by atoms with E-state index >= 15 is 28.0 Å². The third-order valence-electron chi connectivity index (χ3n) is 23.0. The molecule has 3 aliphatic heterocycles. The summed E-state index contributed by atoms with van der Waals surface area (Å²) < 4.78 is 114. The number of nitrogens with zero attached hydrogens (tertiary/aromatic N) is 9. The molecule has 11 atom stereocenters. The number of carbonyl (C=O) groups is 12. The predicted molar refractivity (Wildman–Crippen MR) is 357 cm³/mol. The van der Waals surface area contributed by atoms with Gasteiger partial charge in [0.1, 0.15) is 72.1 Å². The van der Waals surface area contributed by atoms with Crippen LogP contribution in [0.4, 0.5) is 35.1 Å². The lowest BCUT2D eigenvalue weighted by atomic mass is 9.74. The van der Waals surface area contributed by atoms with Crippen LogP contribution in [0.15, 0.2) is 12.2 Å². The first-order valence-corrected chi connectivity index (χ1v) is 36.1. The van der Waals surface area contributed by atoms with E-state index in [0.29, 0.717) is 38.5 Å². The zero-order valence-electron chi connectivity index (χ0n) is 60.7. The molecule has 7 aliphatic rings. The molecule has 1 spiro atoms. The molecule has 102 heavy (non-hydrogen) atoms. The molecule has 574 valence electrons. The zero-order chi connectivity index (χ0) is 75.8. The maximum absolute atomic E-state index is 15.3. The monoisotopic (exact) mass is 1460 g/mol. The molecule has 2 bridgehead atoms. The quantitative estimate of drug-likeness (QED) is 0.186. The number of hydrogen-bond acceptors (Lipinski definition) is 12. The average Bonchev–Trinajstić information content (AvgIpc) is 0.762. The van der Waals surface area contributed by atoms with Crippen LogP contribution < -0.4 is 16.0 Å². The van der Waals surface area contributed by atoms with Crippen LogP contribution in [0.5, 0.6) is 0 Å². The predicted octanol–water partition coefficient (Wildman–Crippen LogP) is 5.31. The van der Waals surface area contributed by atoms with Gasteiger partial charge in [0.25, 0.3) is 0 Å². The van der Waals surface area contributed by atoms with Crippen molar-refractivity contribution in [2.24, 2.45) is 35.5 Å². The van der Waals surface area contributed by atoms with E-state index < -0.39 is 224 Å². The van der Waals surface area contributed by atoms with Crippen LogP contribution in [0, 0.1) is 35.5 Å². The van der Waals surface area contributed by atoms with Crippen LogP contribution in [-0.2, 0) is 57.5 Å². The van der Waals surface area contributed by atoms with E-state index in [9.17, 15) is 64.7 Å². The average molecular weight is 1460 g/mol. The maximum Gasteiger partial charge on any atom is 0.397 e. The lowest BCUT2D eigenvalue weighted by Crippen LogP contribution is -2.70. The van der Waals surface area contributed by atoms with Gasteiger partial charge in [0.05, 0.1) is 25.4 Å². The second kappa shape index (κ2) is 34.6. The van der Waals surface area contributed by atoms with Crippen LogP contribution in [0.2, 0.25) is 0 Å². The first kappa shape index (κ1) is 82.1. The fourth-order valence-electron chi connectivity index (χ4n) is 16.0. The Balaban J connectivity index is 1.27. The number of nitrogens with one attached hydrogen (secondary N) is 3. The van der Waals surface area contributed by atoms with Gasteiger partial charge < -0.3 is 60.0 Å². The lowest BCUT2D eigenvalue weighted by molar-refractivity contribution is -0.219. The van der Waals surface area contributed by atoms with E-state index in [-0.39, 0.29) is 90.1 Å². The molecule has 0 aromatic carbocycles. The molecule has 0 aromatic rings. The number of hydrogen-bond donors (Lipinski definition) is 3. The summed E-state index contributed by atoms with van der Waals surface area (Å²) >= 11 is 0. The van der Waals surface area contributed by atoms with Gasteiger partial charge in [-0.1, -0.05) is 52.2 Å². The SMILES string of the molecule is CC[C@H](C)[C@@H]1NC(=O)[C@H](CC)N(C)C(=O)C[C@@H](C(=O)N(C)C)N(C)C(=O)[C@H](C2CCCC2)N(C)C(=O)C2(CCC2)NC(=O)[C@@H]2CCN2C(=O)[C@H](CCC2CC(F)C(C(F)(F)F)C(F)C2)NC(=O)CN(C)C(=O)[C@H](CC2CCC(C(F)(F)F)CC2)N2CC/C=C\C[C@@H](C2=O)N(C)C(=O)CN(C)C1=O. The van der Waals surface area contributed by atoms with Crippen molar-refractivity contribution in [1.82, 2.24) is 60.0 Å². The van der Waals surface area contributed by atoms with Crippen LogP contribution in [0.3, 0.4) is 0 Å². The second-order valence-electron chi connectivity index (χ2n) is 30.0. The molecule has 12 amide bonds. The number of halogens is 8. The Morgan fingerprint density at radius 1 is 0.618 bits per heavy atom. The van der Waals surface area contributed by atoms with E-state index in [0.717, 1.165) is 29.4 Å². The van der Waals surface area contributed by atoms with E-state index in [4.69, 9.17) is 0 Å². The Morgan fingerprint density at radius 2 is 1.24 bits per heavy atom. The molecule has 4 aliphatic carbocycles. The van der Waals surface area contributed by atoms with Gasteiger partial charge in [-0.15, -0.1) is 0 Å². The summed E-state index contributed by atoms with van der Waals surface area (Å²) in [4.78, 5) is 188. The summed E-state index contributed by atoms with van der Waals surface area (Å²) in [7, 11) is 10.8. The first-order chi connectivity index (χ1) is 47.8. The van der Waals surface area contributed by atoms with Crippen molar-refractivity contribution in [3.05, 3.63) is 12.2 Å². The standard InChI is InChI=1S/C70H106F8N12O12/c1-12-40(3)57-65(100)84(7)39-55(93)86(9)50-22-15-14-18-32-89(64(50)99)52(36-41-23-26-44(27-24-41)69(73,74)75)63(98)83(6)38-53(91)79-47(28-25-42-34-45(71)56(46(72)35-42)70(76,77)78)61(96)90-33-29-49(90)60(95)81-68(30-19-31-68)67(102)88(11)58(43-20-16-17-21-43)66(101)87(10)51(62(97)82(4)5)37-54(92)85(8)48(13-2)59(94)80-57/h14-15,40-52,56-58H,12-13,16-39H2,1-11H3,(H,79,91)(H,80,94)(H,81,95)/b15-14-/t40-,41?,42?,44?,45?,46?,47-,48-,49-,50-,51-,52-,56?,57-,58-/m0/s1.